The summed E-state index contributed by atoms with van der Waals surface area (Å²) in [7, 11) is 0. The Bertz CT molecular complexity index is 854. The van der Waals surface area contributed by atoms with Crippen molar-refractivity contribution in [2.75, 3.05) is 13.2 Å². The predicted octanol–water partition coefficient (Wildman–Crippen LogP) is 2.54. The molecule has 0 atom stereocenters. The number of aryl methyl sites for hydroxylation is 1. The third-order valence-electron chi connectivity index (χ3n) is 3.98. The quantitative estimate of drug-likeness (QED) is 0.789. The van der Waals surface area contributed by atoms with E-state index in [0.29, 0.717) is 19.8 Å². The zero-order chi connectivity index (χ0) is 15.1. The molecule has 5 heteroatoms. The van der Waals surface area contributed by atoms with E-state index in [1.54, 1.807) is 0 Å². The molecule has 4 rings (SSSR count). The molecular weight excluding hydrogens is 278 g/mol. The number of hydrogen-bond donors (Lipinski definition) is 1. The largest absolute Gasteiger partial charge is 0.486 e. The molecular formula is C17H17N3O2. The molecule has 2 aromatic heterocycles. The molecule has 5 nitrogen and oxygen atoms in total. The Kier molecular flexibility index (Phi) is 3.01. The molecule has 0 aliphatic carbocycles. The first-order chi connectivity index (χ1) is 10.8. The fourth-order valence-corrected chi connectivity index (χ4v) is 2.80. The van der Waals surface area contributed by atoms with E-state index in [-0.39, 0.29) is 0 Å². The van der Waals surface area contributed by atoms with Crippen LogP contribution >= 0.6 is 0 Å². The van der Waals surface area contributed by atoms with Crippen molar-refractivity contribution in [3.05, 3.63) is 47.8 Å². The van der Waals surface area contributed by atoms with E-state index in [2.05, 4.69) is 11.3 Å². The molecule has 0 amide bonds. The van der Waals surface area contributed by atoms with Gasteiger partial charge in [0.05, 0.1) is 5.69 Å². The van der Waals surface area contributed by atoms with Gasteiger partial charge < -0.3 is 19.6 Å². The topological polar surface area (TPSA) is 61.8 Å². The molecule has 112 valence electrons. The second-order valence-electron chi connectivity index (χ2n) is 5.37. The lowest BCUT2D eigenvalue weighted by atomic mass is 10.1. The molecule has 0 bridgehead atoms. The molecule has 3 heterocycles. The van der Waals surface area contributed by atoms with Crippen molar-refractivity contribution in [2.24, 2.45) is 5.73 Å². The Morgan fingerprint density at radius 1 is 1.14 bits per heavy atom. The van der Waals surface area contributed by atoms with Crippen molar-refractivity contribution >= 4 is 5.65 Å². The molecule has 1 aliphatic heterocycles. The van der Waals surface area contributed by atoms with Crippen LogP contribution in [0.15, 0.2) is 36.5 Å². The van der Waals surface area contributed by atoms with Gasteiger partial charge in [0.25, 0.3) is 0 Å². The molecule has 3 aromatic rings. The van der Waals surface area contributed by atoms with Crippen LogP contribution in [0.4, 0.5) is 0 Å². The van der Waals surface area contributed by atoms with Gasteiger partial charge in [-0.25, -0.2) is 4.98 Å². The van der Waals surface area contributed by atoms with E-state index in [9.17, 15) is 0 Å². The number of pyridine rings is 1. The molecule has 1 aliphatic rings. The van der Waals surface area contributed by atoms with E-state index < -0.39 is 0 Å². The first-order valence-corrected chi connectivity index (χ1v) is 7.34. The van der Waals surface area contributed by atoms with Gasteiger partial charge in [0.2, 0.25) is 0 Å². The molecule has 0 saturated carbocycles. The molecule has 2 N–H and O–H groups in total. The highest BCUT2D eigenvalue weighted by Crippen LogP contribution is 2.35. The first-order valence-electron chi connectivity index (χ1n) is 7.34. The zero-order valence-corrected chi connectivity index (χ0v) is 12.4. The van der Waals surface area contributed by atoms with Gasteiger partial charge in [-0.05, 0) is 42.8 Å². The van der Waals surface area contributed by atoms with E-state index >= 15 is 0 Å². The Hall–Kier alpha value is -2.53. The number of hydrogen-bond acceptors (Lipinski definition) is 4. The lowest BCUT2D eigenvalue weighted by Crippen LogP contribution is -2.15. The number of benzene rings is 1. The first kappa shape index (κ1) is 13.2. The number of nitrogens with two attached hydrogens (primary N) is 1. The van der Waals surface area contributed by atoms with E-state index in [0.717, 1.165) is 39.7 Å². The normalized spacial score (nSPS) is 13.5. The van der Waals surface area contributed by atoms with Crippen LogP contribution < -0.4 is 15.2 Å². The standard InChI is InChI=1S/C17H17N3O2/c1-11-17(19-16-8-12(10-18)4-5-20(11)16)13-2-3-14-15(9-13)22-7-6-21-14/h2-5,8-9H,6-7,10,18H2,1H3. The highest BCUT2D eigenvalue weighted by Gasteiger charge is 2.16. The number of rotatable bonds is 2. The Morgan fingerprint density at radius 2 is 1.95 bits per heavy atom. The summed E-state index contributed by atoms with van der Waals surface area (Å²) in [5.74, 6) is 1.57. The number of fused-ring (bicyclic) bond motifs is 2. The third-order valence-corrected chi connectivity index (χ3v) is 3.98. The Balaban J connectivity index is 1.85. The summed E-state index contributed by atoms with van der Waals surface area (Å²) in [6, 6.07) is 10.0. The van der Waals surface area contributed by atoms with Crippen molar-refractivity contribution < 1.29 is 9.47 Å². The fourth-order valence-electron chi connectivity index (χ4n) is 2.80. The number of ether oxygens (including phenoxy) is 2. The van der Waals surface area contributed by atoms with Gasteiger partial charge in [0.1, 0.15) is 18.9 Å². The summed E-state index contributed by atoms with van der Waals surface area (Å²) in [6.07, 6.45) is 2.02. The fraction of sp³-hybridized carbons (Fsp3) is 0.235. The van der Waals surface area contributed by atoms with Gasteiger partial charge in [-0.3, -0.25) is 0 Å². The number of nitrogens with zero attached hydrogens (tertiary/aromatic N) is 2. The summed E-state index contributed by atoms with van der Waals surface area (Å²) in [5, 5.41) is 0. The van der Waals surface area contributed by atoms with Crippen LogP contribution in [-0.4, -0.2) is 22.6 Å². The summed E-state index contributed by atoms with van der Waals surface area (Å²) in [4.78, 5) is 4.75. The van der Waals surface area contributed by atoms with Crippen LogP contribution in [0, 0.1) is 6.92 Å². The van der Waals surface area contributed by atoms with Crippen molar-refractivity contribution in [2.45, 2.75) is 13.5 Å². The smallest absolute Gasteiger partial charge is 0.162 e. The molecule has 0 unspecified atom stereocenters. The minimum Gasteiger partial charge on any atom is -0.486 e. The average Bonchev–Trinajstić information content (AvgIpc) is 2.90. The second kappa shape index (κ2) is 5.03. The van der Waals surface area contributed by atoms with E-state index in [1.165, 1.54) is 0 Å². The van der Waals surface area contributed by atoms with Crippen LogP contribution in [-0.2, 0) is 6.54 Å². The molecule has 0 saturated heterocycles. The number of imidazole rings is 1. The monoisotopic (exact) mass is 295 g/mol. The van der Waals surface area contributed by atoms with Crippen molar-refractivity contribution in [1.29, 1.82) is 0 Å². The summed E-state index contributed by atoms with van der Waals surface area (Å²) in [6.45, 7) is 3.76. The van der Waals surface area contributed by atoms with Crippen molar-refractivity contribution in [3.8, 4) is 22.8 Å². The van der Waals surface area contributed by atoms with Crippen molar-refractivity contribution in [3.63, 3.8) is 0 Å². The van der Waals surface area contributed by atoms with Gasteiger partial charge in [0, 0.05) is 24.0 Å². The summed E-state index contributed by atoms with van der Waals surface area (Å²) < 4.78 is 13.3. The SMILES string of the molecule is Cc1c(-c2ccc3c(c2)OCCO3)nc2cc(CN)ccn12. The van der Waals surface area contributed by atoms with Gasteiger partial charge in [-0.1, -0.05) is 0 Å². The summed E-state index contributed by atoms with van der Waals surface area (Å²) >= 11 is 0. The average molecular weight is 295 g/mol. The van der Waals surface area contributed by atoms with Crippen LogP contribution in [0.2, 0.25) is 0 Å². The van der Waals surface area contributed by atoms with Crippen LogP contribution in [0.25, 0.3) is 16.9 Å². The van der Waals surface area contributed by atoms with Gasteiger partial charge in [-0.2, -0.15) is 0 Å². The summed E-state index contributed by atoms with van der Waals surface area (Å²) in [5.41, 5.74) is 10.8. The maximum atomic E-state index is 5.71. The highest BCUT2D eigenvalue weighted by molar-refractivity contribution is 5.69. The molecule has 1 aromatic carbocycles. The molecule has 0 fully saturated rings. The van der Waals surface area contributed by atoms with Crippen LogP contribution in [0.1, 0.15) is 11.3 Å². The molecule has 22 heavy (non-hydrogen) atoms. The molecule has 0 spiro atoms. The Morgan fingerprint density at radius 3 is 2.77 bits per heavy atom. The highest BCUT2D eigenvalue weighted by atomic mass is 16.6. The Labute approximate surface area is 128 Å². The minimum atomic E-state index is 0.516. The van der Waals surface area contributed by atoms with E-state index in [1.807, 2.05) is 36.5 Å². The van der Waals surface area contributed by atoms with Gasteiger partial charge in [-0.15, -0.1) is 0 Å². The second-order valence-corrected chi connectivity index (χ2v) is 5.37. The lowest BCUT2D eigenvalue weighted by Gasteiger charge is -2.18. The molecule has 0 radical (unpaired) electrons. The van der Waals surface area contributed by atoms with Crippen LogP contribution in [0.3, 0.4) is 0 Å². The zero-order valence-electron chi connectivity index (χ0n) is 12.4. The van der Waals surface area contributed by atoms with Crippen LogP contribution in [0.5, 0.6) is 11.5 Å². The van der Waals surface area contributed by atoms with Gasteiger partial charge >= 0.3 is 0 Å². The third kappa shape index (κ3) is 2.02. The lowest BCUT2D eigenvalue weighted by molar-refractivity contribution is 0.171. The van der Waals surface area contributed by atoms with E-state index in [4.69, 9.17) is 20.2 Å². The number of aromatic nitrogens is 2. The minimum absolute atomic E-state index is 0.516. The maximum Gasteiger partial charge on any atom is 0.162 e. The predicted molar refractivity (Wildman–Crippen MR) is 84.2 cm³/mol. The van der Waals surface area contributed by atoms with Gasteiger partial charge in [0.15, 0.2) is 11.5 Å². The maximum absolute atomic E-state index is 5.71. The van der Waals surface area contributed by atoms with Crippen molar-refractivity contribution in [1.82, 2.24) is 9.38 Å².